The van der Waals surface area contributed by atoms with E-state index < -0.39 is 12.1 Å². The molecular weight excluding hydrogens is 266 g/mol. The van der Waals surface area contributed by atoms with Gasteiger partial charge in [-0.2, -0.15) is 0 Å². The molecule has 0 bridgehead atoms. The maximum Gasteiger partial charge on any atom is 0.344 e. The molecule has 0 saturated carbocycles. The number of carboxylic acids is 1. The van der Waals surface area contributed by atoms with Gasteiger partial charge in [-0.15, -0.1) is 0 Å². The molecule has 1 rings (SSSR count). The molecule has 1 aromatic carbocycles. The predicted octanol–water partition coefficient (Wildman–Crippen LogP) is 1.96. The first-order chi connectivity index (χ1) is 8.99. The summed E-state index contributed by atoms with van der Waals surface area (Å²) in [5.41, 5.74) is 6.17. The second kappa shape index (κ2) is 6.94. The van der Waals surface area contributed by atoms with E-state index in [4.69, 9.17) is 32.5 Å². The van der Waals surface area contributed by atoms with Crippen LogP contribution in [0, 0.1) is 0 Å². The molecule has 0 spiro atoms. The number of ether oxygens (including phenoxy) is 2. The van der Waals surface area contributed by atoms with Crippen LogP contribution in [0.25, 0.3) is 0 Å². The van der Waals surface area contributed by atoms with Gasteiger partial charge in [0, 0.05) is 5.56 Å². The second-order valence-corrected chi connectivity index (χ2v) is 4.40. The summed E-state index contributed by atoms with van der Waals surface area (Å²) in [7, 11) is 1.47. The highest BCUT2D eigenvalue weighted by atomic mass is 32.1. The number of nitrogens with two attached hydrogens (primary N) is 1. The van der Waals surface area contributed by atoms with Crippen molar-refractivity contribution in [3.8, 4) is 11.5 Å². The van der Waals surface area contributed by atoms with Gasteiger partial charge in [-0.1, -0.05) is 25.6 Å². The van der Waals surface area contributed by atoms with Gasteiger partial charge in [-0.3, -0.25) is 0 Å². The number of thiocarbonyl (C=S) groups is 1. The molecule has 0 heterocycles. The van der Waals surface area contributed by atoms with Crippen molar-refractivity contribution in [3.63, 3.8) is 0 Å². The summed E-state index contributed by atoms with van der Waals surface area (Å²) in [6, 6.07) is 4.91. The Morgan fingerprint density at radius 3 is 2.63 bits per heavy atom. The van der Waals surface area contributed by atoms with Gasteiger partial charge < -0.3 is 20.3 Å². The molecule has 3 N–H and O–H groups in total. The van der Waals surface area contributed by atoms with E-state index in [9.17, 15) is 4.79 Å². The van der Waals surface area contributed by atoms with Gasteiger partial charge in [0.15, 0.2) is 17.6 Å². The van der Waals surface area contributed by atoms with E-state index in [1.54, 1.807) is 18.2 Å². The van der Waals surface area contributed by atoms with Gasteiger partial charge in [0.2, 0.25) is 0 Å². The third-order valence-corrected chi connectivity index (χ3v) is 2.78. The van der Waals surface area contributed by atoms with Crippen molar-refractivity contribution < 1.29 is 19.4 Å². The SMILES string of the molecule is CCCC(Oc1ccc(C(N)=S)cc1OC)C(=O)O. The molecule has 1 aromatic rings. The van der Waals surface area contributed by atoms with Crippen molar-refractivity contribution in [1.82, 2.24) is 0 Å². The van der Waals surface area contributed by atoms with E-state index in [-0.39, 0.29) is 4.99 Å². The molecule has 1 unspecified atom stereocenters. The Labute approximate surface area is 117 Å². The lowest BCUT2D eigenvalue weighted by Gasteiger charge is -2.17. The number of methoxy groups -OCH3 is 1. The molecule has 0 saturated heterocycles. The van der Waals surface area contributed by atoms with E-state index in [0.717, 1.165) is 0 Å². The summed E-state index contributed by atoms with van der Waals surface area (Å²) in [5, 5.41) is 9.07. The van der Waals surface area contributed by atoms with Crippen molar-refractivity contribution in [2.75, 3.05) is 7.11 Å². The van der Waals surface area contributed by atoms with Crippen LogP contribution in [0.1, 0.15) is 25.3 Å². The van der Waals surface area contributed by atoms with Gasteiger partial charge in [0.05, 0.1) is 7.11 Å². The van der Waals surface area contributed by atoms with Crippen LogP contribution in [0.2, 0.25) is 0 Å². The topological polar surface area (TPSA) is 81.8 Å². The molecule has 1 atom stereocenters. The second-order valence-electron chi connectivity index (χ2n) is 3.96. The number of aliphatic carboxylic acids is 1. The average molecular weight is 283 g/mol. The molecule has 0 aliphatic rings. The van der Waals surface area contributed by atoms with Crippen molar-refractivity contribution >= 4 is 23.2 Å². The Morgan fingerprint density at radius 1 is 1.47 bits per heavy atom. The highest BCUT2D eigenvalue weighted by molar-refractivity contribution is 7.80. The van der Waals surface area contributed by atoms with Crippen LogP contribution in [0.3, 0.4) is 0 Å². The van der Waals surface area contributed by atoms with E-state index in [1.807, 2.05) is 6.92 Å². The minimum absolute atomic E-state index is 0.244. The normalized spacial score (nSPS) is 11.7. The van der Waals surface area contributed by atoms with Gasteiger partial charge in [0.25, 0.3) is 0 Å². The highest BCUT2D eigenvalue weighted by Crippen LogP contribution is 2.29. The number of carboxylic acid groups (broad SMARTS) is 1. The van der Waals surface area contributed by atoms with E-state index >= 15 is 0 Å². The van der Waals surface area contributed by atoms with Crippen molar-refractivity contribution in [3.05, 3.63) is 23.8 Å². The van der Waals surface area contributed by atoms with Crippen molar-refractivity contribution in [1.29, 1.82) is 0 Å². The number of hydrogen-bond donors (Lipinski definition) is 2. The maximum absolute atomic E-state index is 11.1. The lowest BCUT2D eigenvalue weighted by Crippen LogP contribution is -2.26. The van der Waals surface area contributed by atoms with Crippen LogP contribution in [0.4, 0.5) is 0 Å². The summed E-state index contributed by atoms with van der Waals surface area (Å²) in [4.78, 5) is 11.3. The van der Waals surface area contributed by atoms with Gasteiger partial charge in [-0.25, -0.2) is 4.79 Å². The lowest BCUT2D eigenvalue weighted by molar-refractivity contribution is -0.145. The Morgan fingerprint density at radius 2 is 2.16 bits per heavy atom. The molecule has 0 aliphatic carbocycles. The molecule has 5 nitrogen and oxygen atoms in total. The first kappa shape index (κ1) is 15.2. The van der Waals surface area contributed by atoms with E-state index in [0.29, 0.717) is 29.9 Å². The molecular formula is C13H17NO4S. The molecule has 6 heteroatoms. The van der Waals surface area contributed by atoms with Crippen LogP contribution < -0.4 is 15.2 Å². The van der Waals surface area contributed by atoms with Crippen LogP contribution >= 0.6 is 12.2 Å². The van der Waals surface area contributed by atoms with Crippen LogP contribution in [-0.2, 0) is 4.79 Å². The van der Waals surface area contributed by atoms with Gasteiger partial charge in [-0.05, 0) is 24.6 Å². The van der Waals surface area contributed by atoms with E-state index in [1.165, 1.54) is 7.11 Å². The fraction of sp³-hybridized carbons (Fsp3) is 0.385. The lowest BCUT2D eigenvalue weighted by atomic mass is 10.2. The monoisotopic (exact) mass is 283 g/mol. The molecule has 0 aliphatic heterocycles. The quantitative estimate of drug-likeness (QED) is 0.744. The predicted molar refractivity (Wildman–Crippen MR) is 75.8 cm³/mol. The van der Waals surface area contributed by atoms with Crippen LogP contribution in [0.15, 0.2) is 18.2 Å². The summed E-state index contributed by atoms with van der Waals surface area (Å²) in [6.07, 6.45) is 0.245. The Hall–Kier alpha value is -1.82. The first-order valence-corrected chi connectivity index (χ1v) is 6.27. The molecule has 0 radical (unpaired) electrons. The Kier molecular flexibility index (Phi) is 5.57. The van der Waals surface area contributed by atoms with Crippen molar-refractivity contribution in [2.45, 2.75) is 25.9 Å². The highest BCUT2D eigenvalue weighted by Gasteiger charge is 2.20. The fourth-order valence-corrected chi connectivity index (χ4v) is 1.69. The minimum atomic E-state index is -0.998. The largest absolute Gasteiger partial charge is 0.493 e. The van der Waals surface area contributed by atoms with E-state index in [2.05, 4.69) is 0 Å². The van der Waals surface area contributed by atoms with Crippen LogP contribution in [-0.4, -0.2) is 29.3 Å². The molecule has 0 aromatic heterocycles. The number of benzene rings is 1. The minimum Gasteiger partial charge on any atom is -0.493 e. The van der Waals surface area contributed by atoms with Gasteiger partial charge >= 0.3 is 5.97 Å². The summed E-state index contributed by atoms with van der Waals surface area (Å²) < 4.78 is 10.6. The summed E-state index contributed by atoms with van der Waals surface area (Å²) >= 11 is 4.87. The Balaban J connectivity index is 2.99. The average Bonchev–Trinajstić information content (AvgIpc) is 2.38. The smallest absolute Gasteiger partial charge is 0.344 e. The number of carbonyl (C=O) groups is 1. The summed E-state index contributed by atoms with van der Waals surface area (Å²) in [6.45, 7) is 1.90. The summed E-state index contributed by atoms with van der Waals surface area (Å²) in [5.74, 6) is -0.224. The molecule has 104 valence electrons. The van der Waals surface area contributed by atoms with Crippen molar-refractivity contribution in [2.24, 2.45) is 5.73 Å². The molecule has 19 heavy (non-hydrogen) atoms. The zero-order valence-electron chi connectivity index (χ0n) is 10.9. The third kappa shape index (κ3) is 4.10. The fourth-order valence-electron chi connectivity index (χ4n) is 1.57. The zero-order valence-corrected chi connectivity index (χ0v) is 11.7. The molecule has 0 fully saturated rings. The third-order valence-electron chi connectivity index (χ3n) is 2.54. The zero-order chi connectivity index (χ0) is 14.4. The number of rotatable bonds is 7. The number of hydrogen-bond acceptors (Lipinski definition) is 4. The maximum atomic E-state index is 11.1. The molecule has 0 amide bonds. The standard InChI is InChI=1S/C13H17NO4S/c1-3-4-10(13(15)16)18-9-6-5-8(12(14)19)7-11(9)17-2/h5-7,10H,3-4H2,1-2H3,(H2,14,19)(H,15,16). The first-order valence-electron chi connectivity index (χ1n) is 5.86. The van der Waals surface area contributed by atoms with Crippen LogP contribution in [0.5, 0.6) is 11.5 Å². The van der Waals surface area contributed by atoms with Gasteiger partial charge in [0.1, 0.15) is 4.99 Å². The Bertz CT molecular complexity index is 476.